The van der Waals surface area contributed by atoms with Crippen molar-refractivity contribution in [3.05, 3.63) is 53.8 Å². The van der Waals surface area contributed by atoms with Gasteiger partial charge >= 0.3 is 0 Å². The fourth-order valence-corrected chi connectivity index (χ4v) is 1.94. The highest BCUT2D eigenvalue weighted by molar-refractivity contribution is 6.04. The van der Waals surface area contributed by atoms with Crippen molar-refractivity contribution in [3.63, 3.8) is 0 Å². The molecule has 20 heavy (non-hydrogen) atoms. The van der Waals surface area contributed by atoms with E-state index in [0.717, 1.165) is 0 Å². The zero-order valence-electron chi connectivity index (χ0n) is 10.6. The summed E-state index contributed by atoms with van der Waals surface area (Å²) in [4.78, 5) is 12.1. The molecule has 0 saturated carbocycles. The van der Waals surface area contributed by atoms with E-state index in [1.807, 2.05) is 0 Å². The van der Waals surface area contributed by atoms with E-state index < -0.39 is 11.7 Å². The number of ether oxygens (including phenoxy) is 2. The Bertz CT molecular complexity index is 657. The van der Waals surface area contributed by atoms with Crippen molar-refractivity contribution in [3.8, 4) is 11.5 Å². The highest BCUT2D eigenvalue weighted by Crippen LogP contribution is 2.31. The van der Waals surface area contributed by atoms with Crippen LogP contribution in [0, 0.1) is 5.82 Å². The second kappa shape index (κ2) is 5.21. The van der Waals surface area contributed by atoms with Crippen LogP contribution < -0.4 is 14.8 Å². The molecule has 1 heterocycles. The second-order valence-electron chi connectivity index (χ2n) is 4.29. The van der Waals surface area contributed by atoms with Crippen molar-refractivity contribution in [1.29, 1.82) is 0 Å². The summed E-state index contributed by atoms with van der Waals surface area (Å²) in [5.41, 5.74) is 0.532. The van der Waals surface area contributed by atoms with Crippen LogP contribution in [0.15, 0.2) is 42.5 Å². The van der Waals surface area contributed by atoms with Crippen LogP contribution >= 0.6 is 0 Å². The maximum Gasteiger partial charge on any atom is 0.255 e. The topological polar surface area (TPSA) is 47.6 Å². The quantitative estimate of drug-likeness (QED) is 0.915. The van der Waals surface area contributed by atoms with E-state index in [-0.39, 0.29) is 5.69 Å². The molecule has 5 heteroatoms. The lowest BCUT2D eigenvalue weighted by atomic mass is 10.1. The average molecular weight is 273 g/mol. The first-order valence-electron chi connectivity index (χ1n) is 6.19. The first kappa shape index (κ1) is 12.5. The number of para-hydroxylation sites is 1. The van der Waals surface area contributed by atoms with Gasteiger partial charge in [0.05, 0.1) is 5.69 Å². The van der Waals surface area contributed by atoms with Gasteiger partial charge in [0.15, 0.2) is 11.5 Å². The van der Waals surface area contributed by atoms with Crippen LogP contribution in [0.5, 0.6) is 11.5 Å². The number of halogens is 1. The largest absolute Gasteiger partial charge is 0.486 e. The number of hydrogen-bond acceptors (Lipinski definition) is 3. The third kappa shape index (κ3) is 2.42. The molecule has 1 amide bonds. The summed E-state index contributed by atoms with van der Waals surface area (Å²) in [6.07, 6.45) is 0. The molecule has 0 fully saturated rings. The van der Waals surface area contributed by atoms with Crippen LogP contribution in [0.25, 0.3) is 0 Å². The fourth-order valence-electron chi connectivity index (χ4n) is 1.94. The lowest BCUT2D eigenvalue weighted by Gasteiger charge is -2.18. The third-order valence-corrected chi connectivity index (χ3v) is 2.93. The molecule has 1 aliphatic heterocycles. The van der Waals surface area contributed by atoms with Crippen molar-refractivity contribution >= 4 is 11.6 Å². The minimum Gasteiger partial charge on any atom is -0.486 e. The maximum atomic E-state index is 13.5. The molecule has 3 rings (SSSR count). The monoisotopic (exact) mass is 273 g/mol. The number of anilines is 1. The van der Waals surface area contributed by atoms with E-state index in [0.29, 0.717) is 30.3 Å². The van der Waals surface area contributed by atoms with Gasteiger partial charge in [-0.25, -0.2) is 4.39 Å². The van der Waals surface area contributed by atoms with E-state index in [1.54, 1.807) is 30.3 Å². The molecule has 0 spiro atoms. The molecule has 1 aliphatic rings. The summed E-state index contributed by atoms with van der Waals surface area (Å²) < 4.78 is 24.3. The van der Waals surface area contributed by atoms with Crippen molar-refractivity contribution in [1.82, 2.24) is 0 Å². The summed E-state index contributed by atoms with van der Waals surface area (Å²) in [6, 6.07) is 10.9. The average Bonchev–Trinajstić information content (AvgIpc) is 2.49. The molecule has 1 N–H and O–H groups in total. The zero-order valence-corrected chi connectivity index (χ0v) is 10.6. The van der Waals surface area contributed by atoms with Gasteiger partial charge in [-0.1, -0.05) is 12.1 Å². The highest BCUT2D eigenvalue weighted by Gasteiger charge is 2.15. The van der Waals surface area contributed by atoms with Crippen molar-refractivity contribution in [2.45, 2.75) is 0 Å². The molecule has 0 bridgehead atoms. The van der Waals surface area contributed by atoms with Gasteiger partial charge in [-0.2, -0.15) is 0 Å². The number of amides is 1. The summed E-state index contributed by atoms with van der Waals surface area (Å²) in [7, 11) is 0. The summed E-state index contributed by atoms with van der Waals surface area (Å²) in [5.74, 6) is 0.265. The normalized spacial score (nSPS) is 12.8. The van der Waals surface area contributed by atoms with Crippen molar-refractivity contribution < 1.29 is 18.7 Å². The molecule has 0 atom stereocenters. The Morgan fingerprint density at radius 3 is 2.60 bits per heavy atom. The van der Waals surface area contributed by atoms with Crippen LogP contribution in [0.2, 0.25) is 0 Å². The smallest absolute Gasteiger partial charge is 0.255 e. The Kier molecular flexibility index (Phi) is 3.25. The SMILES string of the molecule is O=C(Nc1ccccc1F)c1ccc2c(c1)OCCO2. The molecular formula is C15H12FNO3. The van der Waals surface area contributed by atoms with Gasteiger partial charge in [0.1, 0.15) is 19.0 Å². The number of fused-ring (bicyclic) bond motifs is 1. The molecule has 0 aromatic heterocycles. The van der Waals surface area contributed by atoms with Crippen molar-refractivity contribution in [2.75, 3.05) is 18.5 Å². The van der Waals surface area contributed by atoms with Gasteiger partial charge in [-0.3, -0.25) is 4.79 Å². The minimum absolute atomic E-state index is 0.146. The summed E-state index contributed by atoms with van der Waals surface area (Å²) >= 11 is 0. The number of nitrogens with one attached hydrogen (secondary N) is 1. The second-order valence-corrected chi connectivity index (χ2v) is 4.29. The third-order valence-electron chi connectivity index (χ3n) is 2.93. The molecule has 0 aliphatic carbocycles. The molecule has 0 saturated heterocycles. The van der Waals surface area contributed by atoms with Gasteiger partial charge in [0.25, 0.3) is 5.91 Å². The number of carbonyl (C=O) groups is 1. The van der Waals surface area contributed by atoms with Crippen LogP contribution in [-0.4, -0.2) is 19.1 Å². The molecule has 102 valence electrons. The van der Waals surface area contributed by atoms with E-state index in [2.05, 4.69) is 5.32 Å². The Balaban J connectivity index is 1.82. The lowest BCUT2D eigenvalue weighted by Crippen LogP contribution is -2.17. The van der Waals surface area contributed by atoms with E-state index in [1.165, 1.54) is 12.1 Å². The molecule has 2 aromatic rings. The highest BCUT2D eigenvalue weighted by atomic mass is 19.1. The molecule has 0 radical (unpaired) electrons. The van der Waals surface area contributed by atoms with E-state index >= 15 is 0 Å². The maximum absolute atomic E-state index is 13.5. The van der Waals surface area contributed by atoms with Crippen LogP contribution in [0.3, 0.4) is 0 Å². The van der Waals surface area contributed by atoms with Gasteiger partial charge in [-0.05, 0) is 30.3 Å². The Morgan fingerprint density at radius 2 is 1.80 bits per heavy atom. The predicted octanol–water partition coefficient (Wildman–Crippen LogP) is 2.85. The summed E-state index contributed by atoms with van der Waals surface area (Å²) in [5, 5.41) is 2.52. The van der Waals surface area contributed by atoms with Crippen LogP contribution in [0.4, 0.5) is 10.1 Å². The first-order valence-corrected chi connectivity index (χ1v) is 6.19. The predicted molar refractivity (Wildman–Crippen MR) is 71.8 cm³/mol. The summed E-state index contributed by atoms with van der Waals surface area (Å²) in [6.45, 7) is 0.944. The van der Waals surface area contributed by atoms with Crippen LogP contribution in [-0.2, 0) is 0 Å². The van der Waals surface area contributed by atoms with Gasteiger partial charge in [0, 0.05) is 5.56 Å². The number of carbonyl (C=O) groups excluding carboxylic acids is 1. The number of hydrogen-bond donors (Lipinski definition) is 1. The van der Waals surface area contributed by atoms with Gasteiger partial charge in [0.2, 0.25) is 0 Å². The van der Waals surface area contributed by atoms with Crippen molar-refractivity contribution in [2.24, 2.45) is 0 Å². The van der Waals surface area contributed by atoms with Crippen LogP contribution in [0.1, 0.15) is 10.4 Å². The first-order chi connectivity index (χ1) is 9.74. The molecule has 2 aromatic carbocycles. The standard InChI is InChI=1S/C15H12FNO3/c16-11-3-1-2-4-12(11)17-15(18)10-5-6-13-14(9-10)20-8-7-19-13/h1-6,9H,7-8H2,(H,17,18). The van der Waals surface area contributed by atoms with E-state index in [4.69, 9.17) is 9.47 Å². The lowest BCUT2D eigenvalue weighted by molar-refractivity contribution is 0.102. The zero-order chi connectivity index (χ0) is 13.9. The van der Waals surface area contributed by atoms with Gasteiger partial charge in [-0.15, -0.1) is 0 Å². The molecule has 4 nitrogen and oxygen atoms in total. The van der Waals surface area contributed by atoms with E-state index in [9.17, 15) is 9.18 Å². The Labute approximate surface area is 115 Å². The Hall–Kier alpha value is -2.56. The fraction of sp³-hybridized carbons (Fsp3) is 0.133. The molecule has 0 unspecified atom stereocenters. The van der Waals surface area contributed by atoms with Gasteiger partial charge < -0.3 is 14.8 Å². The number of rotatable bonds is 2. The molecular weight excluding hydrogens is 261 g/mol. The minimum atomic E-state index is -0.474. The Morgan fingerprint density at radius 1 is 1.05 bits per heavy atom. The number of benzene rings is 2.